The van der Waals surface area contributed by atoms with Gasteiger partial charge in [0, 0.05) is 35.3 Å². The van der Waals surface area contributed by atoms with E-state index in [0.717, 1.165) is 28.9 Å². The van der Waals surface area contributed by atoms with Crippen LogP contribution in [0.4, 0.5) is 0 Å². The molecule has 0 spiro atoms. The highest BCUT2D eigenvalue weighted by atomic mass is 35.5. The van der Waals surface area contributed by atoms with Crippen molar-refractivity contribution in [2.75, 3.05) is 13.1 Å². The van der Waals surface area contributed by atoms with Crippen LogP contribution in [0.1, 0.15) is 47.4 Å². The molecule has 0 radical (unpaired) electrons. The van der Waals surface area contributed by atoms with Crippen LogP contribution in [-0.2, 0) is 0 Å². The summed E-state index contributed by atoms with van der Waals surface area (Å²) in [7, 11) is 0. The van der Waals surface area contributed by atoms with Gasteiger partial charge in [0.25, 0.3) is 5.91 Å². The Morgan fingerprint density at radius 3 is 2.44 bits per heavy atom. The number of carbonyl (C=O) groups is 1. The quantitative estimate of drug-likeness (QED) is 0.276. The SMILES string of the molecule is C=CCC(C)C(C)NCCNC(=O)c1nn(-c2ccc(C)c(C)c2)c(-c2ccc(Cl)cc2)c1C. The average Bonchev–Trinajstić information content (AvgIpc) is 3.16. The third-order valence-corrected chi connectivity index (χ3v) is 6.71. The molecule has 180 valence electrons. The largest absolute Gasteiger partial charge is 0.349 e. The van der Waals surface area contributed by atoms with Gasteiger partial charge in [-0.05, 0) is 75.4 Å². The second-order valence-electron chi connectivity index (χ2n) is 9.01. The first kappa shape index (κ1) is 25.7. The van der Waals surface area contributed by atoms with Crippen molar-refractivity contribution in [1.29, 1.82) is 0 Å². The standard InChI is InChI=1S/C28H35ClN4O/c1-7-8-19(3)22(6)30-15-16-31-28(34)26-21(5)27(23-10-12-24(29)13-11-23)33(32-26)25-14-9-18(2)20(4)17-25/h7,9-14,17,19,22,30H,1,8,15-16H2,2-6H3,(H,31,34). The predicted octanol–water partition coefficient (Wildman–Crippen LogP) is 6.04. The second kappa shape index (κ2) is 11.5. The monoisotopic (exact) mass is 478 g/mol. The van der Waals surface area contributed by atoms with E-state index in [2.05, 4.69) is 57.0 Å². The van der Waals surface area contributed by atoms with E-state index in [9.17, 15) is 4.79 Å². The molecule has 0 aliphatic carbocycles. The maximum absolute atomic E-state index is 13.1. The number of allylic oxidation sites excluding steroid dienone is 1. The second-order valence-corrected chi connectivity index (χ2v) is 9.45. The molecule has 1 heterocycles. The maximum Gasteiger partial charge on any atom is 0.272 e. The molecule has 0 aliphatic rings. The van der Waals surface area contributed by atoms with E-state index in [-0.39, 0.29) is 5.91 Å². The fourth-order valence-corrected chi connectivity index (χ4v) is 4.06. The number of rotatable bonds is 10. The third kappa shape index (κ3) is 5.96. The van der Waals surface area contributed by atoms with Crippen molar-refractivity contribution in [1.82, 2.24) is 20.4 Å². The Bertz CT molecular complexity index is 1150. The highest BCUT2D eigenvalue weighted by Gasteiger charge is 2.22. The Hall–Kier alpha value is -2.89. The van der Waals surface area contributed by atoms with E-state index < -0.39 is 0 Å². The fraction of sp³-hybridized carbons (Fsp3) is 0.357. The smallest absolute Gasteiger partial charge is 0.272 e. The fourth-order valence-electron chi connectivity index (χ4n) is 3.93. The number of hydrogen-bond donors (Lipinski definition) is 2. The van der Waals surface area contributed by atoms with Crippen LogP contribution in [0.15, 0.2) is 55.1 Å². The number of aryl methyl sites for hydroxylation is 2. The van der Waals surface area contributed by atoms with Gasteiger partial charge in [-0.1, -0.05) is 42.8 Å². The summed E-state index contributed by atoms with van der Waals surface area (Å²) in [5.74, 6) is 0.315. The third-order valence-electron chi connectivity index (χ3n) is 6.46. The van der Waals surface area contributed by atoms with Crippen molar-refractivity contribution in [2.24, 2.45) is 5.92 Å². The van der Waals surface area contributed by atoms with Crippen LogP contribution >= 0.6 is 11.6 Å². The van der Waals surface area contributed by atoms with Crippen LogP contribution < -0.4 is 10.6 Å². The summed E-state index contributed by atoms with van der Waals surface area (Å²) in [6.45, 7) is 15.5. The Morgan fingerprint density at radius 2 is 1.79 bits per heavy atom. The molecule has 0 bridgehead atoms. The average molecular weight is 479 g/mol. The molecule has 0 saturated carbocycles. The number of aromatic nitrogens is 2. The highest BCUT2D eigenvalue weighted by Crippen LogP contribution is 2.30. The van der Waals surface area contributed by atoms with Crippen molar-refractivity contribution >= 4 is 17.5 Å². The summed E-state index contributed by atoms with van der Waals surface area (Å²) < 4.78 is 1.86. The van der Waals surface area contributed by atoms with Crippen molar-refractivity contribution in [3.63, 3.8) is 0 Å². The molecular formula is C28H35ClN4O. The minimum absolute atomic E-state index is 0.177. The Morgan fingerprint density at radius 1 is 1.09 bits per heavy atom. The molecule has 1 aromatic heterocycles. The van der Waals surface area contributed by atoms with Gasteiger partial charge in [-0.15, -0.1) is 6.58 Å². The highest BCUT2D eigenvalue weighted by molar-refractivity contribution is 6.30. The molecule has 2 aromatic carbocycles. The molecule has 0 saturated heterocycles. The van der Waals surface area contributed by atoms with Gasteiger partial charge >= 0.3 is 0 Å². The molecule has 34 heavy (non-hydrogen) atoms. The van der Waals surface area contributed by atoms with Crippen molar-refractivity contribution in [3.8, 4) is 16.9 Å². The molecule has 3 aromatic rings. The van der Waals surface area contributed by atoms with Crippen molar-refractivity contribution in [2.45, 2.75) is 47.1 Å². The van der Waals surface area contributed by atoms with Crippen LogP contribution in [0.25, 0.3) is 16.9 Å². The van der Waals surface area contributed by atoms with Crippen LogP contribution in [-0.4, -0.2) is 34.8 Å². The van der Waals surface area contributed by atoms with Gasteiger partial charge in [0.15, 0.2) is 5.69 Å². The van der Waals surface area contributed by atoms with E-state index in [0.29, 0.717) is 35.8 Å². The molecule has 0 aliphatic heterocycles. The van der Waals surface area contributed by atoms with Gasteiger partial charge in [-0.3, -0.25) is 4.79 Å². The predicted molar refractivity (Wildman–Crippen MR) is 142 cm³/mol. The van der Waals surface area contributed by atoms with E-state index in [1.54, 1.807) is 0 Å². The number of amides is 1. The summed E-state index contributed by atoms with van der Waals surface area (Å²) in [6, 6.07) is 14.2. The van der Waals surface area contributed by atoms with Crippen LogP contribution in [0, 0.1) is 26.7 Å². The Balaban J connectivity index is 1.85. The van der Waals surface area contributed by atoms with E-state index >= 15 is 0 Å². The van der Waals surface area contributed by atoms with Gasteiger partial charge in [-0.2, -0.15) is 5.10 Å². The minimum atomic E-state index is -0.177. The molecule has 2 unspecified atom stereocenters. The zero-order valence-electron chi connectivity index (χ0n) is 20.8. The van der Waals surface area contributed by atoms with Gasteiger partial charge < -0.3 is 10.6 Å². The lowest BCUT2D eigenvalue weighted by atomic mass is 10.00. The van der Waals surface area contributed by atoms with E-state index in [1.165, 1.54) is 11.1 Å². The Kier molecular flexibility index (Phi) is 8.70. The summed E-state index contributed by atoms with van der Waals surface area (Å²) in [4.78, 5) is 13.1. The van der Waals surface area contributed by atoms with E-state index in [1.807, 2.05) is 48.0 Å². The lowest BCUT2D eigenvalue weighted by Crippen LogP contribution is -2.38. The van der Waals surface area contributed by atoms with Crippen molar-refractivity contribution < 1.29 is 4.79 Å². The lowest BCUT2D eigenvalue weighted by Gasteiger charge is -2.20. The molecule has 2 atom stereocenters. The number of carbonyl (C=O) groups excluding carboxylic acids is 1. The van der Waals surface area contributed by atoms with Crippen LogP contribution in [0.2, 0.25) is 5.02 Å². The van der Waals surface area contributed by atoms with Crippen LogP contribution in [0.5, 0.6) is 0 Å². The summed E-state index contributed by atoms with van der Waals surface area (Å²) in [5, 5.41) is 11.9. The summed E-state index contributed by atoms with van der Waals surface area (Å²) in [6.07, 6.45) is 2.90. The lowest BCUT2D eigenvalue weighted by molar-refractivity contribution is 0.0947. The first-order chi connectivity index (χ1) is 16.2. The normalized spacial score (nSPS) is 12.9. The zero-order chi connectivity index (χ0) is 24.8. The number of nitrogens with zero attached hydrogens (tertiary/aromatic N) is 2. The summed E-state index contributed by atoms with van der Waals surface area (Å²) >= 11 is 6.12. The van der Waals surface area contributed by atoms with Gasteiger partial charge in [0.05, 0.1) is 11.4 Å². The maximum atomic E-state index is 13.1. The number of benzene rings is 2. The number of hydrogen-bond acceptors (Lipinski definition) is 3. The number of halogens is 1. The zero-order valence-corrected chi connectivity index (χ0v) is 21.5. The first-order valence-electron chi connectivity index (χ1n) is 11.8. The van der Waals surface area contributed by atoms with Gasteiger partial charge in [0.2, 0.25) is 0 Å². The first-order valence-corrected chi connectivity index (χ1v) is 12.2. The molecular weight excluding hydrogens is 444 g/mol. The molecule has 0 fully saturated rings. The topological polar surface area (TPSA) is 58.9 Å². The van der Waals surface area contributed by atoms with Crippen LogP contribution in [0.3, 0.4) is 0 Å². The molecule has 1 amide bonds. The molecule has 5 nitrogen and oxygen atoms in total. The summed E-state index contributed by atoms with van der Waals surface area (Å²) in [5.41, 5.74) is 6.40. The molecule has 3 rings (SSSR count). The molecule has 6 heteroatoms. The van der Waals surface area contributed by atoms with Crippen molar-refractivity contribution in [3.05, 3.63) is 82.5 Å². The van der Waals surface area contributed by atoms with E-state index in [4.69, 9.17) is 16.7 Å². The van der Waals surface area contributed by atoms with Gasteiger partial charge in [-0.25, -0.2) is 4.68 Å². The number of nitrogens with one attached hydrogen (secondary N) is 2. The molecule has 2 N–H and O–H groups in total. The Labute approximate surface area is 208 Å². The minimum Gasteiger partial charge on any atom is -0.349 e. The van der Waals surface area contributed by atoms with Gasteiger partial charge in [0.1, 0.15) is 0 Å².